The van der Waals surface area contributed by atoms with Crippen molar-refractivity contribution >= 4 is 5.91 Å². The van der Waals surface area contributed by atoms with Crippen LogP contribution >= 0.6 is 0 Å². The molecule has 6 heteroatoms. The molecule has 0 aliphatic carbocycles. The summed E-state index contributed by atoms with van der Waals surface area (Å²) in [5.41, 5.74) is 12.7. The Kier molecular flexibility index (Phi) is 4.58. The van der Waals surface area contributed by atoms with Crippen molar-refractivity contribution in [3.63, 3.8) is 0 Å². The second-order valence-electron chi connectivity index (χ2n) is 5.25. The van der Waals surface area contributed by atoms with Crippen LogP contribution in [-0.2, 0) is 6.54 Å². The summed E-state index contributed by atoms with van der Waals surface area (Å²) in [5.74, 6) is 0.945. The zero-order valence-electron chi connectivity index (χ0n) is 13.1. The molecule has 1 heterocycles. The average molecular weight is 322 g/mol. The van der Waals surface area contributed by atoms with Gasteiger partial charge in [-0.05, 0) is 36.4 Å². The second-order valence-corrected chi connectivity index (χ2v) is 5.25. The lowest BCUT2D eigenvalue weighted by atomic mass is 10.1. The highest BCUT2D eigenvalue weighted by Gasteiger charge is 2.15. The van der Waals surface area contributed by atoms with Crippen LogP contribution in [0, 0.1) is 0 Å². The number of nitrogens with two attached hydrogens (primary N) is 2. The van der Waals surface area contributed by atoms with E-state index in [0.29, 0.717) is 30.1 Å². The summed E-state index contributed by atoms with van der Waals surface area (Å²) in [6.45, 7) is 0.957. The molecule has 0 saturated heterocycles. The first-order valence-corrected chi connectivity index (χ1v) is 7.58. The number of hydrogen-bond acceptors (Lipinski definition) is 4. The first kappa shape index (κ1) is 15.8. The van der Waals surface area contributed by atoms with Crippen LogP contribution in [0.3, 0.4) is 0 Å². The van der Waals surface area contributed by atoms with Crippen LogP contribution in [0.1, 0.15) is 10.4 Å². The number of amides is 1. The Morgan fingerprint density at radius 2 is 1.71 bits per heavy atom. The van der Waals surface area contributed by atoms with Gasteiger partial charge in [-0.15, -0.1) is 0 Å². The minimum Gasteiger partial charge on any atom is -0.457 e. The Morgan fingerprint density at radius 1 is 1.04 bits per heavy atom. The van der Waals surface area contributed by atoms with E-state index in [9.17, 15) is 4.79 Å². The van der Waals surface area contributed by atoms with Crippen molar-refractivity contribution < 1.29 is 9.53 Å². The fraction of sp³-hybridized carbons (Fsp3) is 0.111. The standard InChI is InChI=1S/C18H18N4O2/c19-10-11-22-12-16(18(20)23)17(21-22)13-6-8-15(9-7-13)24-14-4-2-1-3-5-14/h1-9,12H,10-11,19H2,(H2,20,23). The SMILES string of the molecule is NCCn1cc(C(N)=O)c(-c2ccc(Oc3ccccc3)cc2)n1. The van der Waals surface area contributed by atoms with Crippen molar-refractivity contribution in [2.45, 2.75) is 6.54 Å². The van der Waals surface area contributed by atoms with Gasteiger partial charge in [-0.25, -0.2) is 0 Å². The lowest BCUT2D eigenvalue weighted by molar-refractivity contribution is 0.100. The van der Waals surface area contributed by atoms with E-state index in [2.05, 4.69) is 5.10 Å². The zero-order valence-corrected chi connectivity index (χ0v) is 13.1. The van der Waals surface area contributed by atoms with Gasteiger partial charge in [0.15, 0.2) is 0 Å². The third-order valence-electron chi connectivity index (χ3n) is 3.49. The summed E-state index contributed by atoms with van der Waals surface area (Å²) in [5, 5.41) is 4.40. The molecule has 122 valence electrons. The summed E-state index contributed by atoms with van der Waals surface area (Å²) in [4.78, 5) is 11.6. The molecule has 2 aromatic carbocycles. The van der Waals surface area contributed by atoms with Crippen molar-refractivity contribution in [2.75, 3.05) is 6.54 Å². The molecule has 0 saturated carbocycles. The molecule has 3 rings (SSSR count). The predicted octanol–water partition coefficient (Wildman–Crippen LogP) is 2.40. The lowest BCUT2D eigenvalue weighted by Gasteiger charge is -2.06. The van der Waals surface area contributed by atoms with E-state index < -0.39 is 5.91 Å². The molecule has 0 aliphatic rings. The van der Waals surface area contributed by atoms with Gasteiger partial charge in [0.2, 0.25) is 0 Å². The maximum absolute atomic E-state index is 11.6. The number of primary amides is 1. The molecule has 0 fully saturated rings. The molecule has 0 radical (unpaired) electrons. The van der Waals surface area contributed by atoms with Crippen molar-refractivity contribution in [1.82, 2.24) is 9.78 Å². The van der Waals surface area contributed by atoms with Gasteiger partial charge in [0, 0.05) is 18.3 Å². The summed E-state index contributed by atoms with van der Waals surface area (Å²) in [7, 11) is 0. The molecule has 4 N–H and O–H groups in total. The average Bonchev–Trinajstić information content (AvgIpc) is 3.01. The normalized spacial score (nSPS) is 10.5. The van der Waals surface area contributed by atoms with Crippen molar-refractivity contribution in [3.05, 3.63) is 66.4 Å². The number of ether oxygens (including phenoxy) is 1. The highest BCUT2D eigenvalue weighted by Crippen LogP contribution is 2.26. The fourth-order valence-corrected chi connectivity index (χ4v) is 2.37. The molecule has 1 aromatic heterocycles. The second kappa shape index (κ2) is 6.97. The summed E-state index contributed by atoms with van der Waals surface area (Å²) < 4.78 is 7.39. The third kappa shape index (κ3) is 3.44. The summed E-state index contributed by atoms with van der Waals surface area (Å²) >= 11 is 0. The van der Waals surface area contributed by atoms with Crippen LogP contribution in [0.4, 0.5) is 0 Å². The first-order valence-electron chi connectivity index (χ1n) is 7.58. The van der Waals surface area contributed by atoms with Crippen molar-refractivity contribution in [2.24, 2.45) is 11.5 Å². The zero-order chi connectivity index (χ0) is 16.9. The third-order valence-corrected chi connectivity index (χ3v) is 3.49. The first-order chi connectivity index (χ1) is 11.7. The number of hydrogen-bond donors (Lipinski definition) is 2. The lowest BCUT2D eigenvalue weighted by Crippen LogP contribution is -2.12. The fourth-order valence-electron chi connectivity index (χ4n) is 2.37. The number of aromatic nitrogens is 2. The molecule has 0 spiro atoms. The van der Waals surface area contributed by atoms with E-state index in [1.807, 2.05) is 54.6 Å². The molecule has 0 aliphatic heterocycles. The van der Waals surface area contributed by atoms with Crippen molar-refractivity contribution in [3.8, 4) is 22.8 Å². The predicted molar refractivity (Wildman–Crippen MR) is 91.8 cm³/mol. The molecule has 1 amide bonds. The van der Waals surface area contributed by atoms with Gasteiger partial charge in [0.05, 0.1) is 12.1 Å². The monoisotopic (exact) mass is 322 g/mol. The number of rotatable bonds is 6. The number of para-hydroxylation sites is 1. The molecular formula is C18H18N4O2. The van der Waals surface area contributed by atoms with E-state index >= 15 is 0 Å². The van der Waals surface area contributed by atoms with Gasteiger partial charge in [0.25, 0.3) is 5.91 Å². The topological polar surface area (TPSA) is 96.2 Å². The quantitative estimate of drug-likeness (QED) is 0.728. The van der Waals surface area contributed by atoms with Crippen LogP contribution in [0.5, 0.6) is 11.5 Å². The highest BCUT2D eigenvalue weighted by molar-refractivity contribution is 5.98. The van der Waals surface area contributed by atoms with E-state index in [4.69, 9.17) is 16.2 Å². The van der Waals surface area contributed by atoms with E-state index in [1.54, 1.807) is 10.9 Å². The molecule has 6 nitrogen and oxygen atoms in total. The van der Waals surface area contributed by atoms with Crippen LogP contribution in [0.25, 0.3) is 11.3 Å². The van der Waals surface area contributed by atoms with Gasteiger partial charge < -0.3 is 16.2 Å². The largest absolute Gasteiger partial charge is 0.457 e. The number of carbonyl (C=O) groups is 1. The Hall–Kier alpha value is -3.12. The molecule has 3 aromatic rings. The molecular weight excluding hydrogens is 304 g/mol. The molecule has 0 atom stereocenters. The maximum Gasteiger partial charge on any atom is 0.252 e. The molecule has 24 heavy (non-hydrogen) atoms. The van der Waals surface area contributed by atoms with Gasteiger partial charge in [-0.2, -0.15) is 5.10 Å². The number of benzene rings is 2. The summed E-state index contributed by atoms with van der Waals surface area (Å²) in [6, 6.07) is 16.9. The molecule has 0 unspecified atom stereocenters. The summed E-state index contributed by atoms with van der Waals surface area (Å²) in [6.07, 6.45) is 1.62. The minimum absolute atomic E-state index is 0.375. The number of nitrogens with zero attached hydrogens (tertiary/aromatic N) is 2. The van der Waals surface area contributed by atoms with E-state index in [-0.39, 0.29) is 0 Å². The molecule has 0 bridgehead atoms. The maximum atomic E-state index is 11.6. The highest BCUT2D eigenvalue weighted by atomic mass is 16.5. The minimum atomic E-state index is -0.516. The van der Waals surface area contributed by atoms with Crippen LogP contribution in [0.2, 0.25) is 0 Å². The van der Waals surface area contributed by atoms with Crippen molar-refractivity contribution in [1.29, 1.82) is 0 Å². The Morgan fingerprint density at radius 3 is 2.33 bits per heavy atom. The van der Waals surface area contributed by atoms with Gasteiger partial charge in [-0.3, -0.25) is 9.48 Å². The van der Waals surface area contributed by atoms with E-state index in [0.717, 1.165) is 11.3 Å². The Balaban J connectivity index is 1.86. The van der Waals surface area contributed by atoms with Gasteiger partial charge in [-0.1, -0.05) is 18.2 Å². The number of carbonyl (C=O) groups excluding carboxylic acids is 1. The smallest absolute Gasteiger partial charge is 0.252 e. The Bertz CT molecular complexity index is 826. The van der Waals surface area contributed by atoms with Gasteiger partial charge in [0.1, 0.15) is 17.2 Å². The Labute approximate surface area is 139 Å². The van der Waals surface area contributed by atoms with E-state index in [1.165, 1.54) is 0 Å². The van der Waals surface area contributed by atoms with Gasteiger partial charge >= 0.3 is 0 Å². The van der Waals surface area contributed by atoms with Crippen LogP contribution in [-0.4, -0.2) is 22.2 Å². The van der Waals surface area contributed by atoms with Crippen LogP contribution < -0.4 is 16.2 Å². The van der Waals surface area contributed by atoms with Crippen LogP contribution in [0.15, 0.2) is 60.8 Å².